The Kier molecular flexibility index (Phi) is 3.12. The van der Waals surface area contributed by atoms with Crippen molar-refractivity contribution >= 4 is 5.78 Å². The van der Waals surface area contributed by atoms with E-state index in [-0.39, 0.29) is 5.92 Å². The Morgan fingerprint density at radius 3 is 2.37 bits per heavy atom. The van der Waals surface area contributed by atoms with Crippen LogP contribution in [0.1, 0.15) is 47.2 Å². The van der Waals surface area contributed by atoms with Gasteiger partial charge >= 0.3 is 0 Å². The maximum absolute atomic E-state index is 12.8. The summed E-state index contributed by atoms with van der Waals surface area (Å²) in [6.45, 7) is 4.06. The standard InChI is InChI=1S/C17H22O2/c1-10-8-11(2)15(14(9-10)19-3)17(18)16-12-6-4-5-7-13(12)16/h8-9,12-13,16H,4-7H2,1-3H3. The second-order valence-electron chi connectivity index (χ2n) is 6.16. The van der Waals surface area contributed by atoms with Crippen molar-refractivity contribution < 1.29 is 9.53 Å². The number of rotatable bonds is 3. The molecule has 2 nitrogen and oxygen atoms in total. The maximum atomic E-state index is 12.8. The molecule has 0 N–H and O–H groups in total. The molecule has 2 saturated carbocycles. The molecule has 19 heavy (non-hydrogen) atoms. The zero-order valence-electron chi connectivity index (χ0n) is 12.0. The fourth-order valence-electron chi connectivity index (χ4n) is 3.95. The molecule has 2 aliphatic rings. The number of benzene rings is 1. The van der Waals surface area contributed by atoms with E-state index in [2.05, 4.69) is 6.07 Å². The average Bonchev–Trinajstić information content (AvgIpc) is 3.11. The number of hydrogen-bond acceptors (Lipinski definition) is 2. The van der Waals surface area contributed by atoms with E-state index < -0.39 is 0 Å². The maximum Gasteiger partial charge on any atom is 0.170 e. The molecule has 0 amide bonds. The SMILES string of the molecule is COc1cc(C)cc(C)c1C(=O)C1C2CCCCC21. The topological polar surface area (TPSA) is 26.3 Å². The van der Waals surface area contributed by atoms with E-state index in [0.29, 0.717) is 17.6 Å². The molecule has 2 aliphatic carbocycles. The van der Waals surface area contributed by atoms with Gasteiger partial charge in [-0.2, -0.15) is 0 Å². The highest BCUT2D eigenvalue weighted by atomic mass is 16.5. The Bertz CT molecular complexity index is 506. The van der Waals surface area contributed by atoms with Crippen molar-refractivity contribution in [2.75, 3.05) is 7.11 Å². The average molecular weight is 258 g/mol. The summed E-state index contributed by atoms with van der Waals surface area (Å²) in [4.78, 5) is 12.8. The van der Waals surface area contributed by atoms with Crippen LogP contribution in [0.3, 0.4) is 0 Å². The van der Waals surface area contributed by atoms with E-state index in [1.165, 1.54) is 25.7 Å². The number of hydrogen-bond donors (Lipinski definition) is 0. The molecule has 0 bridgehead atoms. The first-order valence-electron chi connectivity index (χ1n) is 7.33. The molecular formula is C17H22O2. The summed E-state index contributed by atoms with van der Waals surface area (Å²) in [5.74, 6) is 2.67. The summed E-state index contributed by atoms with van der Waals surface area (Å²) in [6.07, 6.45) is 5.09. The molecule has 0 heterocycles. The van der Waals surface area contributed by atoms with Gasteiger partial charge in [0.05, 0.1) is 12.7 Å². The Balaban J connectivity index is 1.92. The second kappa shape index (κ2) is 4.66. The quantitative estimate of drug-likeness (QED) is 0.768. The summed E-state index contributed by atoms with van der Waals surface area (Å²) in [6, 6.07) is 4.06. The van der Waals surface area contributed by atoms with Gasteiger partial charge in [0.25, 0.3) is 0 Å². The van der Waals surface area contributed by atoms with Crippen LogP contribution in [0.2, 0.25) is 0 Å². The van der Waals surface area contributed by atoms with E-state index in [4.69, 9.17) is 4.74 Å². The predicted molar refractivity (Wildman–Crippen MR) is 75.7 cm³/mol. The Hall–Kier alpha value is -1.31. The largest absolute Gasteiger partial charge is 0.496 e. The van der Waals surface area contributed by atoms with Gasteiger partial charge in [-0.05, 0) is 55.7 Å². The number of aryl methyl sites for hydroxylation is 2. The molecule has 2 heteroatoms. The molecule has 1 aromatic rings. The van der Waals surface area contributed by atoms with Gasteiger partial charge in [-0.1, -0.05) is 18.9 Å². The lowest BCUT2D eigenvalue weighted by Crippen LogP contribution is -2.09. The fourth-order valence-corrected chi connectivity index (χ4v) is 3.95. The molecule has 2 fully saturated rings. The number of carbonyl (C=O) groups excluding carboxylic acids is 1. The lowest BCUT2D eigenvalue weighted by atomic mass is 9.97. The van der Waals surface area contributed by atoms with Crippen LogP contribution in [0, 0.1) is 31.6 Å². The number of ether oxygens (including phenoxy) is 1. The van der Waals surface area contributed by atoms with Gasteiger partial charge in [-0.25, -0.2) is 0 Å². The van der Waals surface area contributed by atoms with Gasteiger partial charge in [0.1, 0.15) is 5.75 Å². The molecule has 0 aromatic heterocycles. The van der Waals surface area contributed by atoms with E-state index >= 15 is 0 Å². The van der Waals surface area contributed by atoms with E-state index in [0.717, 1.165) is 22.4 Å². The van der Waals surface area contributed by atoms with Crippen molar-refractivity contribution in [3.05, 3.63) is 28.8 Å². The van der Waals surface area contributed by atoms with Crippen molar-refractivity contribution in [2.24, 2.45) is 17.8 Å². The Morgan fingerprint density at radius 1 is 1.16 bits per heavy atom. The van der Waals surface area contributed by atoms with Crippen LogP contribution >= 0.6 is 0 Å². The summed E-state index contributed by atoms with van der Waals surface area (Å²) in [5.41, 5.74) is 3.04. The van der Waals surface area contributed by atoms with Gasteiger partial charge in [-0.15, -0.1) is 0 Å². The molecule has 0 spiro atoms. The van der Waals surface area contributed by atoms with Gasteiger partial charge < -0.3 is 4.74 Å². The summed E-state index contributed by atoms with van der Waals surface area (Å²) in [7, 11) is 1.66. The minimum Gasteiger partial charge on any atom is -0.496 e. The number of Topliss-reactive ketones (excluding diaryl/α,β-unsaturated/α-hetero) is 1. The number of fused-ring (bicyclic) bond motifs is 1. The number of ketones is 1. The van der Waals surface area contributed by atoms with Gasteiger partial charge in [0, 0.05) is 5.92 Å². The molecular weight excluding hydrogens is 236 g/mol. The van der Waals surface area contributed by atoms with Crippen LogP contribution in [-0.2, 0) is 0 Å². The lowest BCUT2D eigenvalue weighted by molar-refractivity contribution is 0.0952. The lowest BCUT2D eigenvalue weighted by Gasteiger charge is -2.12. The third-order valence-electron chi connectivity index (χ3n) is 4.87. The van der Waals surface area contributed by atoms with Crippen LogP contribution in [-0.4, -0.2) is 12.9 Å². The number of methoxy groups -OCH3 is 1. The number of carbonyl (C=O) groups is 1. The molecule has 102 valence electrons. The van der Waals surface area contributed by atoms with Crippen molar-refractivity contribution in [2.45, 2.75) is 39.5 Å². The molecule has 2 atom stereocenters. The third kappa shape index (κ3) is 2.07. The predicted octanol–water partition coefficient (Wildman–Crippen LogP) is 3.93. The smallest absolute Gasteiger partial charge is 0.170 e. The monoisotopic (exact) mass is 258 g/mol. The molecule has 0 aliphatic heterocycles. The van der Waals surface area contributed by atoms with Crippen molar-refractivity contribution in [1.82, 2.24) is 0 Å². The van der Waals surface area contributed by atoms with Crippen LogP contribution in [0.4, 0.5) is 0 Å². The fraction of sp³-hybridized carbons (Fsp3) is 0.588. The zero-order chi connectivity index (χ0) is 13.6. The van der Waals surface area contributed by atoms with Gasteiger partial charge in [0.15, 0.2) is 5.78 Å². The van der Waals surface area contributed by atoms with Crippen molar-refractivity contribution in [3.63, 3.8) is 0 Å². The van der Waals surface area contributed by atoms with Crippen molar-refractivity contribution in [1.29, 1.82) is 0 Å². The third-order valence-corrected chi connectivity index (χ3v) is 4.87. The summed E-state index contributed by atoms with van der Waals surface area (Å²) < 4.78 is 5.44. The first kappa shape index (κ1) is 12.7. The Morgan fingerprint density at radius 2 is 1.79 bits per heavy atom. The molecule has 2 unspecified atom stereocenters. The van der Waals surface area contributed by atoms with Gasteiger partial charge in [0.2, 0.25) is 0 Å². The van der Waals surface area contributed by atoms with E-state index in [9.17, 15) is 4.79 Å². The molecule has 3 rings (SSSR count). The van der Waals surface area contributed by atoms with E-state index in [1.807, 2.05) is 19.9 Å². The molecule has 0 radical (unpaired) electrons. The molecule has 0 saturated heterocycles. The van der Waals surface area contributed by atoms with Crippen LogP contribution in [0.15, 0.2) is 12.1 Å². The normalized spacial score (nSPS) is 28.7. The van der Waals surface area contributed by atoms with Gasteiger partial charge in [-0.3, -0.25) is 4.79 Å². The van der Waals surface area contributed by atoms with Crippen LogP contribution in [0.25, 0.3) is 0 Å². The zero-order valence-corrected chi connectivity index (χ0v) is 12.0. The summed E-state index contributed by atoms with van der Waals surface area (Å²) >= 11 is 0. The van der Waals surface area contributed by atoms with Crippen LogP contribution in [0.5, 0.6) is 5.75 Å². The minimum absolute atomic E-state index is 0.276. The first-order valence-corrected chi connectivity index (χ1v) is 7.33. The van der Waals surface area contributed by atoms with Crippen molar-refractivity contribution in [3.8, 4) is 5.75 Å². The summed E-state index contributed by atoms with van der Waals surface area (Å²) in [5, 5.41) is 0. The second-order valence-corrected chi connectivity index (χ2v) is 6.16. The highest BCUT2D eigenvalue weighted by molar-refractivity contribution is 6.03. The highest BCUT2D eigenvalue weighted by Gasteiger charge is 2.55. The Labute approximate surface area is 115 Å². The highest BCUT2D eigenvalue weighted by Crippen LogP contribution is 2.57. The first-order chi connectivity index (χ1) is 9.13. The minimum atomic E-state index is 0.276. The van der Waals surface area contributed by atoms with Crippen LogP contribution < -0.4 is 4.74 Å². The molecule has 1 aromatic carbocycles. The van der Waals surface area contributed by atoms with E-state index in [1.54, 1.807) is 7.11 Å².